The van der Waals surface area contributed by atoms with Gasteiger partial charge >= 0.3 is 0 Å². The fraction of sp³-hybridized carbons (Fsp3) is 0.125. The van der Waals surface area contributed by atoms with Crippen molar-refractivity contribution in [3.63, 3.8) is 0 Å². The van der Waals surface area contributed by atoms with E-state index in [0.717, 1.165) is 5.56 Å². The van der Waals surface area contributed by atoms with Gasteiger partial charge in [0.05, 0.1) is 16.4 Å². The Morgan fingerprint density at radius 1 is 1.58 bits per heavy atom. The molecule has 3 N–H and O–H groups in total. The van der Waals surface area contributed by atoms with Crippen molar-refractivity contribution in [2.45, 2.75) is 6.92 Å². The number of nitrogen functional groups attached to an aromatic ring is 1. The van der Waals surface area contributed by atoms with E-state index in [1.165, 1.54) is 0 Å². The second-order valence-corrected chi connectivity index (χ2v) is 2.83. The van der Waals surface area contributed by atoms with E-state index >= 15 is 0 Å². The molecule has 0 radical (unpaired) electrons. The molecule has 1 aromatic rings. The number of hydrogen-bond acceptors (Lipinski definition) is 3. The highest BCUT2D eigenvalue weighted by Gasteiger charge is 2.00. The lowest BCUT2D eigenvalue weighted by atomic mass is 10.1. The van der Waals surface area contributed by atoms with Crippen molar-refractivity contribution in [1.29, 1.82) is 0 Å². The van der Waals surface area contributed by atoms with Crippen LogP contribution in [0.25, 0.3) is 0 Å². The van der Waals surface area contributed by atoms with Gasteiger partial charge in [0.15, 0.2) is 0 Å². The lowest BCUT2D eigenvalue weighted by Gasteiger charge is -2.01. The lowest BCUT2D eigenvalue weighted by Crippen LogP contribution is -1.96. The van der Waals surface area contributed by atoms with Gasteiger partial charge < -0.3 is 10.9 Å². The van der Waals surface area contributed by atoms with Crippen LogP contribution in [0.3, 0.4) is 0 Å². The van der Waals surface area contributed by atoms with Crippen LogP contribution in [0.1, 0.15) is 12.5 Å². The minimum atomic E-state index is 0.483. The number of oxime groups is 1. The molecular weight excluding hydrogens is 176 g/mol. The van der Waals surface area contributed by atoms with Crippen molar-refractivity contribution in [1.82, 2.24) is 0 Å². The highest BCUT2D eigenvalue weighted by Crippen LogP contribution is 2.19. The molecule has 0 aliphatic heterocycles. The second kappa shape index (κ2) is 3.45. The number of nitrogens with two attached hydrogens (primary N) is 1. The van der Waals surface area contributed by atoms with E-state index in [1.807, 2.05) is 0 Å². The molecule has 0 bridgehead atoms. The summed E-state index contributed by atoms with van der Waals surface area (Å²) in [6.45, 7) is 1.68. The first-order chi connectivity index (χ1) is 5.65. The highest BCUT2D eigenvalue weighted by molar-refractivity contribution is 6.33. The predicted molar refractivity (Wildman–Crippen MR) is 49.9 cm³/mol. The van der Waals surface area contributed by atoms with Crippen LogP contribution in [-0.4, -0.2) is 10.9 Å². The van der Waals surface area contributed by atoms with Crippen molar-refractivity contribution in [2.24, 2.45) is 5.16 Å². The first-order valence-electron chi connectivity index (χ1n) is 3.39. The summed E-state index contributed by atoms with van der Waals surface area (Å²) in [7, 11) is 0. The Hall–Kier alpha value is -1.22. The summed E-state index contributed by atoms with van der Waals surface area (Å²) in [6.07, 6.45) is 0. The predicted octanol–water partition coefficient (Wildman–Crippen LogP) is 2.12. The maximum absolute atomic E-state index is 8.46. The van der Waals surface area contributed by atoms with Crippen LogP contribution >= 0.6 is 11.6 Å². The average molecular weight is 185 g/mol. The van der Waals surface area contributed by atoms with Crippen LogP contribution in [0.4, 0.5) is 5.69 Å². The Kier molecular flexibility index (Phi) is 2.55. The monoisotopic (exact) mass is 184 g/mol. The van der Waals surface area contributed by atoms with E-state index < -0.39 is 0 Å². The third-order valence-corrected chi connectivity index (χ3v) is 1.91. The maximum atomic E-state index is 8.46. The fourth-order valence-corrected chi connectivity index (χ4v) is 0.944. The van der Waals surface area contributed by atoms with Crippen LogP contribution in [-0.2, 0) is 0 Å². The summed E-state index contributed by atoms with van der Waals surface area (Å²) < 4.78 is 0. The second-order valence-electron chi connectivity index (χ2n) is 2.42. The van der Waals surface area contributed by atoms with Crippen molar-refractivity contribution in [3.05, 3.63) is 28.8 Å². The van der Waals surface area contributed by atoms with Gasteiger partial charge in [0.1, 0.15) is 0 Å². The number of rotatable bonds is 1. The number of hydrogen-bond donors (Lipinski definition) is 2. The van der Waals surface area contributed by atoms with Gasteiger partial charge in [-0.3, -0.25) is 0 Å². The molecule has 1 rings (SSSR count). The molecule has 0 spiro atoms. The zero-order valence-electron chi connectivity index (χ0n) is 6.58. The molecule has 64 valence electrons. The molecular formula is C8H9ClN2O. The number of nitrogens with zero attached hydrogens (tertiary/aromatic N) is 1. The smallest absolute Gasteiger partial charge is 0.0837 e. The van der Waals surface area contributed by atoms with Gasteiger partial charge in [0, 0.05) is 5.56 Å². The third-order valence-electron chi connectivity index (χ3n) is 1.56. The molecule has 0 aliphatic carbocycles. The average Bonchev–Trinajstić information content (AvgIpc) is 2.08. The summed E-state index contributed by atoms with van der Waals surface area (Å²) in [5.74, 6) is 0. The van der Waals surface area contributed by atoms with E-state index in [2.05, 4.69) is 5.16 Å². The minimum Gasteiger partial charge on any atom is -0.411 e. The Morgan fingerprint density at radius 2 is 2.25 bits per heavy atom. The highest BCUT2D eigenvalue weighted by atomic mass is 35.5. The molecule has 12 heavy (non-hydrogen) atoms. The van der Waals surface area contributed by atoms with Crippen LogP contribution in [0, 0.1) is 0 Å². The molecule has 0 aliphatic rings. The zero-order valence-corrected chi connectivity index (χ0v) is 7.34. The van der Waals surface area contributed by atoms with E-state index in [9.17, 15) is 0 Å². The fourth-order valence-electron chi connectivity index (χ4n) is 0.827. The Labute approximate surface area is 75.4 Å². The molecule has 0 saturated heterocycles. The molecule has 0 atom stereocenters. The van der Waals surface area contributed by atoms with Crippen molar-refractivity contribution in [2.75, 3.05) is 5.73 Å². The van der Waals surface area contributed by atoms with Crippen molar-refractivity contribution < 1.29 is 5.21 Å². The van der Waals surface area contributed by atoms with E-state index in [1.54, 1.807) is 25.1 Å². The normalized spacial score (nSPS) is 11.7. The van der Waals surface area contributed by atoms with Crippen molar-refractivity contribution >= 4 is 23.0 Å². The van der Waals surface area contributed by atoms with Crippen LogP contribution < -0.4 is 5.73 Å². The molecule has 4 heteroatoms. The van der Waals surface area contributed by atoms with Crippen molar-refractivity contribution in [3.8, 4) is 0 Å². The standard InChI is InChI=1S/C8H9ClN2O/c1-5(11-12)6-2-3-7(9)8(10)4-6/h2-4,12H,10H2,1H3/b11-5-. The Bertz CT molecular complexity index is 323. The van der Waals surface area contributed by atoms with E-state index in [4.69, 9.17) is 22.5 Å². The first kappa shape index (κ1) is 8.87. The summed E-state index contributed by atoms with van der Waals surface area (Å²) in [5.41, 5.74) is 7.30. The van der Waals surface area contributed by atoms with E-state index in [-0.39, 0.29) is 0 Å². The summed E-state index contributed by atoms with van der Waals surface area (Å²) in [5, 5.41) is 12.0. The molecule has 0 aromatic heterocycles. The SMILES string of the molecule is C/C(=N/O)c1ccc(Cl)c(N)c1. The molecule has 1 aromatic carbocycles. The van der Waals surface area contributed by atoms with Crippen LogP contribution in [0.15, 0.2) is 23.4 Å². The number of benzene rings is 1. The first-order valence-corrected chi connectivity index (χ1v) is 3.77. The number of anilines is 1. The molecule has 0 fully saturated rings. The minimum absolute atomic E-state index is 0.483. The van der Waals surface area contributed by atoms with Gasteiger partial charge in [-0.25, -0.2) is 0 Å². The molecule has 0 amide bonds. The number of halogens is 1. The molecule has 0 saturated carbocycles. The zero-order chi connectivity index (χ0) is 9.14. The van der Waals surface area contributed by atoms with Crippen LogP contribution in [0.5, 0.6) is 0 Å². The van der Waals surface area contributed by atoms with Gasteiger partial charge in [0.2, 0.25) is 0 Å². The summed E-state index contributed by atoms with van der Waals surface area (Å²) in [6, 6.07) is 5.08. The van der Waals surface area contributed by atoms with Gasteiger partial charge in [-0.1, -0.05) is 22.8 Å². The van der Waals surface area contributed by atoms with Crippen LogP contribution in [0.2, 0.25) is 5.02 Å². The molecule has 0 unspecified atom stereocenters. The Balaban J connectivity index is 3.13. The maximum Gasteiger partial charge on any atom is 0.0837 e. The van der Waals surface area contributed by atoms with E-state index in [0.29, 0.717) is 16.4 Å². The molecule has 3 nitrogen and oxygen atoms in total. The van der Waals surface area contributed by atoms with Gasteiger partial charge in [-0.05, 0) is 19.1 Å². The lowest BCUT2D eigenvalue weighted by molar-refractivity contribution is 0.319. The van der Waals surface area contributed by atoms with Gasteiger partial charge in [-0.15, -0.1) is 0 Å². The molecule has 0 heterocycles. The quantitative estimate of drug-likeness (QED) is 0.304. The Morgan fingerprint density at radius 3 is 2.75 bits per heavy atom. The van der Waals surface area contributed by atoms with Gasteiger partial charge in [-0.2, -0.15) is 0 Å². The summed E-state index contributed by atoms with van der Waals surface area (Å²) in [4.78, 5) is 0. The largest absolute Gasteiger partial charge is 0.411 e. The van der Waals surface area contributed by atoms with Gasteiger partial charge in [0.25, 0.3) is 0 Å². The summed E-state index contributed by atoms with van der Waals surface area (Å²) >= 11 is 5.70. The topological polar surface area (TPSA) is 58.6 Å². The third kappa shape index (κ3) is 1.68.